The number of rotatable bonds is 4. The zero-order valence-corrected chi connectivity index (χ0v) is 21.2. The molecule has 3 nitrogen and oxygen atoms in total. The van der Waals surface area contributed by atoms with Crippen LogP contribution in [0.4, 0.5) is 11.4 Å². The van der Waals surface area contributed by atoms with Gasteiger partial charge in [0.2, 0.25) is 0 Å². The minimum atomic E-state index is 0.827. The fourth-order valence-corrected chi connectivity index (χ4v) is 4.22. The van der Waals surface area contributed by atoms with Gasteiger partial charge in [-0.15, -0.1) is 0 Å². The molecule has 3 rings (SSSR count). The maximum atomic E-state index is 4.83. The molecule has 0 aliphatic rings. The van der Waals surface area contributed by atoms with Crippen LogP contribution in [0.2, 0.25) is 0 Å². The lowest BCUT2D eigenvalue weighted by Crippen LogP contribution is -1.98. The van der Waals surface area contributed by atoms with Crippen LogP contribution in [0.15, 0.2) is 28.2 Å². The van der Waals surface area contributed by atoms with E-state index >= 15 is 0 Å². The Balaban J connectivity index is 1.95. The molecule has 0 aliphatic heterocycles. The number of nitrogens with zero attached hydrogens (tertiary/aromatic N) is 3. The number of aliphatic imine (C=N–C) groups is 2. The summed E-state index contributed by atoms with van der Waals surface area (Å²) < 4.78 is 0. The van der Waals surface area contributed by atoms with Crippen LogP contribution in [0.25, 0.3) is 0 Å². The highest BCUT2D eigenvalue weighted by molar-refractivity contribution is 5.85. The predicted molar refractivity (Wildman–Crippen MR) is 139 cm³/mol. The molecular formula is C29H35N3. The third kappa shape index (κ3) is 4.29. The molecule has 0 radical (unpaired) electrons. The molecule has 166 valence electrons. The van der Waals surface area contributed by atoms with Crippen LogP contribution in [0.3, 0.4) is 0 Å². The highest BCUT2D eigenvalue weighted by Gasteiger charge is 2.12. The maximum absolute atomic E-state index is 4.83. The summed E-state index contributed by atoms with van der Waals surface area (Å²) in [6, 6.07) is 5.97. The monoisotopic (exact) mass is 425 g/mol. The van der Waals surface area contributed by atoms with Gasteiger partial charge in [0.15, 0.2) is 0 Å². The first-order chi connectivity index (χ1) is 15.0. The number of pyridine rings is 1. The Hall–Kier alpha value is -3.07. The zero-order valence-electron chi connectivity index (χ0n) is 21.2. The van der Waals surface area contributed by atoms with E-state index in [1.54, 1.807) is 0 Å². The Labute approximate surface area is 193 Å². The van der Waals surface area contributed by atoms with Crippen LogP contribution >= 0.6 is 0 Å². The lowest BCUT2D eigenvalue weighted by Gasteiger charge is -2.15. The van der Waals surface area contributed by atoms with Gasteiger partial charge in [-0.3, -0.25) is 9.98 Å². The van der Waals surface area contributed by atoms with Crippen LogP contribution in [-0.2, 0) is 0 Å². The van der Waals surface area contributed by atoms with Crippen molar-refractivity contribution in [1.29, 1.82) is 0 Å². The van der Waals surface area contributed by atoms with E-state index < -0.39 is 0 Å². The number of aromatic nitrogens is 1. The molecule has 1 heterocycles. The topological polar surface area (TPSA) is 37.6 Å². The lowest BCUT2D eigenvalue weighted by molar-refractivity contribution is 1.16. The second kappa shape index (κ2) is 9.20. The average Bonchev–Trinajstić information content (AvgIpc) is 2.79. The second-order valence-electron chi connectivity index (χ2n) is 8.95. The molecule has 0 amide bonds. The fraction of sp³-hybridized carbons (Fsp3) is 0.345. The first-order valence-corrected chi connectivity index (χ1v) is 11.2. The molecule has 0 N–H and O–H groups in total. The summed E-state index contributed by atoms with van der Waals surface area (Å²) in [6.07, 6.45) is 3.72. The molecule has 3 aromatic rings. The summed E-state index contributed by atoms with van der Waals surface area (Å²) in [5, 5.41) is 0. The van der Waals surface area contributed by atoms with Crippen LogP contribution in [-0.4, -0.2) is 17.4 Å². The zero-order chi connectivity index (χ0) is 23.7. The van der Waals surface area contributed by atoms with Gasteiger partial charge in [-0.25, -0.2) is 4.98 Å². The average molecular weight is 426 g/mol. The van der Waals surface area contributed by atoms with Crippen LogP contribution in [0.5, 0.6) is 0 Å². The van der Waals surface area contributed by atoms with Crippen molar-refractivity contribution in [1.82, 2.24) is 4.98 Å². The van der Waals surface area contributed by atoms with E-state index in [0.29, 0.717) is 0 Å². The first kappa shape index (κ1) is 23.6. The minimum Gasteiger partial charge on any atom is -0.254 e. The fourth-order valence-electron chi connectivity index (χ4n) is 4.22. The van der Waals surface area contributed by atoms with Crippen molar-refractivity contribution < 1.29 is 0 Å². The Morgan fingerprint density at radius 1 is 0.469 bits per heavy atom. The smallest absolute Gasteiger partial charge is 0.0820 e. The largest absolute Gasteiger partial charge is 0.254 e. The summed E-state index contributed by atoms with van der Waals surface area (Å²) in [7, 11) is 0. The molecule has 0 aliphatic carbocycles. The van der Waals surface area contributed by atoms with Gasteiger partial charge in [0.25, 0.3) is 0 Å². The van der Waals surface area contributed by atoms with Gasteiger partial charge in [0, 0.05) is 0 Å². The Kier molecular flexibility index (Phi) is 6.78. The van der Waals surface area contributed by atoms with Gasteiger partial charge < -0.3 is 0 Å². The third-order valence-corrected chi connectivity index (χ3v) is 7.36. The van der Waals surface area contributed by atoms with Gasteiger partial charge in [0.1, 0.15) is 0 Å². The molecule has 0 saturated carbocycles. The molecule has 2 aromatic carbocycles. The van der Waals surface area contributed by atoms with Crippen molar-refractivity contribution >= 4 is 23.8 Å². The van der Waals surface area contributed by atoms with Crippen LogP contribution < -0.4 is 0 Å². The second-order valence-corrected chi connectivity index (χ2v) is 8.95. The van der Waals surface area contributed by atoms with Crippen LogP contribution in [0, 0.1) is 69.2 Å². The van der Waals surface area contributed by atoms with Gasteiger partial charge in [-0.2, -0.15) is 0 Å². The van der Waals surface area contributed by atoms with Gasteiger partial charge in [-0.05, 0) is 137 Å². The lowest BCUT2D eigenvalue weighted by atomic mass is 9.93. The SMILES string of the molecule is Cc1c(C)c(C)c(N=Cc2cccc(C=Nc3c(C)c(C)c(C)c(C)c3C)n2)c(C)c1C. The van der Waals surface area contributed by atoms with Gasteiger partial charge in [0.05, 0.1) is 35.2 Å². The van der Waals surface area contributed by atoms with E-state index in [2.05, 4.69) is 69.2 Å². The quantitative estimate of drug-likeness (QED) is 0.395. The van der Waals surface area contributed by atoms with Crippen LogP contribution in [0.1, 0.15) is 67.0 Å². The van der Waals surface area contributed by atoms with E-state index in [1.807, 2.05) is 30.6 Å². The minimum absolute atomic E-state index is 0.827. The van der Waals surface area contributed by atoms with Gasteiger partial charge in [-0.1, -0.05) is 6.07 Å². The molecule has 3 heteroatoms. The van der Waals surface area contributed by atoms with E-state index in [-0.39, 0.29) is 0 Å². The summed E-state index contributed by atoms with van der Waals surface area (Å²) in [4.78, 5) is 14.4. The molecule has 1 aromatic heterocycles. The summed E-state index contributed by atoms with van der Waals surface area (Å²) in [5.74, 6) is 0. The maximum Gasteiger partial charge on any atom is 0.0820 e. The Bertz CT molecular complexity index is 1110. The molecule has 0 unspecified atom stereocenters. The summed E-state index contributed by atoms with van der Waals surface area (Å²) in [5.41, 5.74) is 16.6. The highest BCUT2D eigenvalue weighted by atomic mass is 14.8. The number of hydrogen-bond donors (Lipinski definition) is 0. The van der Waals surface area contributed by atoms with Crippen molar-refractivity contribution in [2.24, 2.45) is 9.98 Å². The molecular weight excluding hydrogens is 390 g/mol. The van der Waals surface area contributed by atoms with Crippen molar-refractivity contribution in [2.75, 3.05) is 0 Å². The molecule has 0 saturated heterocycles. The summed E-state index contributed by atoms with van der Waals surface area (Å²) >= 11 is 0. The standard InChI is InChI=1S/C29H35N3/c1-16-18(3)22(7)28(23(8)19(16)4)30-14-26-12-11-13-27(32-26)15-31-29-24(9)20(5)17(2)21(6)25(29)10/h11-15H,1-10H3. The molecule has 32 heavy (non-hydrogen) atoms. The first-order valence-electron chi connectivity index (χ1n) is 11.2. The van der Waals surface area contributed by atoms with Crippen molar-refractivity contribution in [3.8, 4) is 0 Å². The molecule has 0 fully saturated rings. The van der Waals surface area contributed by atoms with Crippen molar-refractivity contribution in [3.63, 3.8) is 0 Å². The van der Waals surface area contributed by atoms with E-state index in [1.165, 1.54) is 55.6 Å². The third-order valence-electron chi connectivity index (χ3n) is 7.36. The number of benzene rings is 2. The molecule has 0 bridgehead atoms. The van der Waals surface area contributed by atoms with E-state index in [0.717, 1.165) is 22.8 Å². The highest BCUT2D eigenvalue weighted by Crippen LogP contribution is 2.33. The normalized spacial score (nSPS) is 11.8. The Morgan fingerprint density at radius 3 is 1.06 bits per heavy atom. The predicted octanol–water partition coefficient (Wildman–Crippen LogP) is 7.67. The van der Waals surface area contributed by atoms with Crippen molar-refractivity contribution in [3.05, 3.63) is 85.2 Å². The Morgan fingerprint density at radius 2 is 0.750 bits per heavy atom. The van der Waals surface area contributed by atoms with E-state index in [9.17, 15) is 0 Å². The van der Waals surface area contributed by atoms with Crippen molar-refractivity contribution in [2.45, 2.75) is 69.2 Å². The van der Waals surface area contributed by atoms with Gasteiger partial charge >= 0.3 is 0 Å². The summed E-state index contributed by atoms with van der Waals surface area (Å²) in [6.45, 7) is 21.6. The molecule has 0 spiro atoms. The van der Waals surface area contributed by atoms with E-state index in [4.69, 9.17) is 15.0 Å². The number of hydrogen-bond acceptors (Lipinski definition) is 3. The molecule has 0 atom stereocenters.